The summed E-state index contributed by atoms with van der Waals surface area (Å²) >= 11 is 0. The van der Waals surface area contributed by atoms with E-state index in [1.165, 1.54) is 7.11 Å². The number of hydrogen-bond acceptors (Lipinski definition) is 3. The van der Waals surface area contributed by atoms with Gasteiger partial charge in [0.05, 0.1) is 19.6 Å². The fraction of sp³-hybridized carbons (Fsp3) is 0.462. The van der Waals surface area contributed by atoms with Crippen LogP contribution in [0.3, 0.4) is 0 Å². The molecule has 0 aliphatic carbocycles. The van der Waals surface area contributed by atoms with Gasteiger partial charge in [-0.2, -0.15) is 0 Å². The highest BCUT2D eigenvalue weighted by Crippen LogP contribution is 2.25. The van der Waals surface area contributed by atoms with Crippen LogP contribution < -0.4 is 0 Å². The molecule has 1 rings (SSSR count). The molecule has 0 spiro atoms. The number of aliphatic hydroxyl groups excluding tert-OH is 1. The van der Waals surface area contributed by atoms with Crippen molar-refractivity contribution in [1.82, 2.24) is 0 Å². The van der Waals surface area contributed by atoms with E-state index in [1.54, 1.807) is 0 Å². The average Bonchev–Trinajstić information content (AvgIpc) is 2.15. The summed E-state index contributed by atoms with van der Waals surface area (Å²) in [5.41, 5.74) is 4.00. The van der Waals surface area contributed by atoms with Crippen LogP contribution in [0.1, 0.15) is 34.8 Å². The van der Waals surface area contributed by atoms with Crippen molar-refractivity contribution in [3.8, 4) is 0 Å². The number of aliphatic hydroxyl groups is 1. The molecule has 0 fully saturated rings. The van der Waals surface area contributed by atoms with Crippen molar-refractivity contribution in [3.05, 3.63) is 34.4 Å². The molecule has 1 aromatic rings. The predicted molar refractivity (Wildman–Crippen MR) is 62.2 cm³/mol. The molecule has 88 valence electrons. The molecule has 0 aliphatic rings. The minimum Gasteiger partial charge on any atom is -0.469 e. The number of esters is 1. The number of aryl methyl sites for hydroxylation is 3. The summed E-state index contributed by atoms with van der Waals surface area (Å²) in [6.07, 6.45) is -0.783. The molecule has 1 atom stereocenters. The molecular weight excluding hydrogens is 204 g/mol. The first kappa shape index (κ1) is 12.7. The zero-order valence-corrected chi connectivity index (χ0v) is 10.2. The Morgan fingerprint density at radius 1 is 1.31 bits per heavy atom. The second kappa shape index (κ2) is 5.12. The molecule has 1 N–H and O–H groups in total. The largest absolute Gasteiger partial charge is 0.469 e. The third-order valence-electron chi connectivity index (χ3n) is 2.66. The van der Waals surface area contributed by atoms with E-state index in [1.807, 2.05) is 32.9 Å². The first-order valence-corrected chi connectivity index (χ1v) is 5.28. The lowest BCUT2D eigenvalue weighted by atomic mass is 9.94. The number of ether oxygens (including phenoxy) is 1. The van der Waals surface area contributed by atoms with Gasteiger partial charge < -0.3 is 9.84 Å². The Morgan fingerprint density at radius 2 is 1.81 bits per heavy atom. The molecule has 0 heterocycles. The van der Waals surface area contributed by atoms with E-state index in [-0.39, 0.29) is 6.42 Å². The molecule has 1 aromatic carbocycles. The van der Waals surface area contributed by atoms with Crippen LogP contribution in [-0.4, -0.2) is 18.2 Å². The first-order valence-electron chi connectivity index (χ1n) is 5.28. The molecule has 0 saturated heterocycles. The van der Waals surface area contributed by atoms with E-state index in [2.05, 4.69) is 4.74 Å². The number of carbonyl (C=O) groups is 1. The minimum absolute atomic E-state index is 0.00123. The predicted octanol–water partition coefficient (Wildman–Crippen LogP) is 2.21. The van der Waals surface area contributed by atoms with Gasteiger partial charge in [-0.3, -0.25) is 4.79 Å². The lowest BCUT2D eigenvalue weighted by Gasteiger charge is -2.16. The lowest BCUT2D eigenvalue weighted by Crippen LogP contribution is -2.10. The lowest BCUT2D eigenvalue weighted by molar-refractivity contribution is -0.142. The highest BCUT2D eigenvalue weighted by molar-refractivity contribution is 5.70. The Balaban J connectivity index is 2.99. The van der Waals surface area contributed by atoms with Crippen molar-refractivity contribution in [3.63, 3.8) is 0 Å². The SMILES string of the molecule is COC(=O)C[C@@H](O)c1c(C)cc(C)cc1C. The van der Waals surface area contributed by atoms with E-state index in [4.69, 9.17) is 0 Å². The van der Waals surface area contributed by atoms with Crippen LogP contribution in [0.5, 0.6) is 0 Å². The standard InChI is InChI=1S/C13H18O3/c1-8-5-9(2)13(10(3)6-8)11(14)7-12(15)16-4/h5-6,11,14H,7H2,1-4H3/t11-/m1/s1. The number of benzene rings is 1. The maximum absolute atomic E-state index is 11.1. The Hall–Kier alpha value is -1.35. The molecule has 0 bridgehead atoms. The molecular formula is C13H18O3. The van der Waals surface area contributed by atoms with Crippen molar-refractivity contribution in [2.75, 3.05) is 7.11 Å². The molecule has 0 radical (unpaired) electrons. The molecule has 0 saturated carbocycles. The van der Waals surface area contributed by atoms with Crippen molar-refractivity contribution in [2.24, 2.45) is 0 Å². The van der Waals surface area contributed by atoms with Crippen LogP contribution >= 0.6 is 0 Å². The van der Waals surface area contributed by atoms with Gasteiger partial charge >= 0.3 is 5.97 Å². The van der Waals surface area contributed by atoms with Gasteiger partial charge in [-0.15, -0.1) is 0 Å². The van der Waals surface area contributed by atoms with Crippen molar-refractivity contribution in [1.29, 1.82) is 0 Å². The maximum atomic E-state index is 11.1. The van der Waals surface area contributed by atoms with Crippen LogP contribution in [0.2, 0.25) is 0 Å². The van der Waals surface area contributed by atoms with Gasteiger partial charge in [0, 0.05) is 0 Å². The summed E-state index contributed by atoms with van der Waals surface area (Å²) in [4.78, 5) is 11.1. The van der Waals surface area contributed by atoms with Crippen molar-refractivity contribution >= 4 is 5.97 Å². The maximum Gasteiger partial charge on any atom is 0.308 e. The van der Waals surface area contributed by atoms with E-state index < -0.39 is 12.1 Å². The summed E-state index contributed by atoms with van der Waals surface area (Å²) in [5.74, 6) is -0.396. The van der Waals surface area contributed by atoms with Crippen LogP contribution in [0.4, 0.5) is 0 Å². The number of carbonyl (C=O) groups excluding carboxylic acids is 1. The van der Waals surface area contributed by atoms with Gasteiger partial charge in [-0.1, -0.05) is 17.7 Å². The zero-order valence-electron chi connectivity index (χ0n) is 10.2. The van der Waals surface area contributed by atoms with E-state index in [9.17, 15) is 9.90 Å². The summed E-state index contributed by atoms with van der Waals surface area (Å²) < 4.78 is 4.55. The Labute approximate surface area is 96.1 Å². The average molecular weight is 222 g/mol. The molecule has 0 aromatic heterocycles. The van der Waals surface area contributed by atoms with Gasteiger partial charge in [0.15, 0.2) is 0 Å². The van der Waals surface area contributed by atoms with E-state index in [0.29, 0.717) is 0 Å². The fourth-order valence-electron chi connectivity index (χ4n) is 2.06. The van der Waals surface area contributed by atoms with Crippen LogP contribution in [-0.2, 0) is 9.53 Å². The van der Waals surface area contributed by atoms with Crippen molar-refractivity contribution in [2.45, 2.75) is 33.3 Å². The number of methoxy groups -OCH3 is 1. The minimum atomic E-state index is -0.784. The Kier molecular flexibility index (Phi) is 4.07. The molecule has 0 amide bonds. The van der Waals surface area contributed by atoms with Gasteiger partial charge in [0.1, 0.15) is 0 Å². The monoisotopic (exact) mass is 222 g/mol. The van der Waals surface area contributed by atoms with Crippen molar-refractivity contribution < 1.29 is 14.6 Å². The first-order chi connectivity index (χ1) is 7.45. The van der Waals surface area contributed by atoms with Crippen LogP contribution in [0.15, 0.2) is 12.1 Å². The second-order valence-electron chi connectivity index (χ2n) is 4.11. The Bertz CT molecular complexity index is 373. The quantitative estimate of drug-likeness (QED) is 0.797. The third-order valence-corrected chi connectivity index (χ3v) is 2.66. The van der Waals surface area contributed by atoms with E-state index >= 15 is 0 Å². The molecule has 16 heavy (non-hydrogen) atoms. The van der Waals surface area contributed by atoms with Crippen LogP contribution in [0, 0.1) is 20.8 Å². The summed E-state index contributed by atoms with van der Waals surface area (Å²) in [6.45, 7) is 5.89. The van der Waals surface area contributed by atoms with Crippen LogP contribution in [0.25, 0.3) is 0 Å². The highest BCUT2D eigenvalue weighted by atomic mass is 16.5. The Morgan fingerprint density at radius 3 is 2.25 bits per heavy atom. The second-order valence-corrected chi connectivity index (χ2v) is 4.11. The summed E-state index contributed by atoms with van der Waals surface area (Å²) in [5, 5.41) is 9.97. The topological polar surface area (TPSA) is 46.5 Å². The summed E-state index contributed by atoms with van der Waals surface area (Å²) in [7, 11) is 1.32. The zero-order chi connectivity index (χ0) is 12.3. The van der Waals surface area contributed by atoms with E-state index in [0.717, 1.165) is 22.3 Å². The number of rotatable bonds is 3. The van der Waals surface area contributed by atoms with Gasteiger partial charge in [0.25, 0.3) is 0 Å². The fourth-order valence-corrected chi connectivity index (χ4v) is 2.06. The van der Waals surface area contributed by atoms with Gasteiger partial charge in [0.2, 0.25) is 0 Å². The smallest absolute Gasteiger partial charge is 0.308 e. The molecule has 3 heteroatoms. The molecule has 0 aliphatic heterocycles. The highest BCUT2D eigenvalue weighted by Gasteiger charge is 2.17. The molecule has 3 nitrogen and oxygen atoms in total. The normalized spacial score (nSPS) is 12.3. The molecule has 0 unspecified atom stereocenters. The number of hydrogen-bond donors (Lipinski definition) is 1. The van der Waals surface area contributed by atoms with Gasteiger partial charge in [-0.25, -0.2) is 0 Å². The van der Waals surface area contributed by atoms with Gasteiger partial charge in [-0.05, 0) is 37.5 Å². The summed E-state index contributed by atoms with van der Waals surface area (Å²) in [6, 6.07) is 4.01. The third kappa shape index (κ3) is 2.83.